The van der Waals surface area contributed by atoms with Crippen molar-refractivity contribution in [3.05, 3.63) is 47.2 Å². The van der Waals surface area contributed by atoms with E-state index >= 15 is 0 Å². The molecule has 0 spiro atoms. The van der Waals surface area contributed by atoms with Gasteiger partial charge >= 0.3 is 5.97 Å². The second-order valence-corrected chi connectivity index (χ2v) is 3.97. The number of nitrogen functional groups attached to an aromatic ring is 1. The van der Waals surface area contributed by atoms with Gasteiger partial charge < -0.3 is 10.5 Å². The average molecular weight is 258 g/mol. The van der Waals surface area contributed by atoms with Crippen LogP contribution >= 0.6 is 0 Å². The van der Waals surface area contributed by atoms with Crippen LogP contribution in [0.5, 0.6) is 0 Å². The van der Waals surface area contributed by atoms with E-state index in [1.165, 1.54) is 7.11 Å². The molecule has 0 atom stereocenters. The highest BCUT2D eigenvalue weighted by molar-refractivity contribution is 5.95. The number of carbonyl (C=O) groups is 1. The fourth-order valence-corrected chi connectivity index (χ4v) is 1.75. The highest BCUT2D eigenvalue weighted by Crippen LogP contribution is 2.15. The molecular formula is C13H14N4O2. The Morgan fingerprint density at radius 1 is 1.37 bits per heavy atom. The summed E-state index contributed by atoms with van der Waals surface area (Å²) >= 11 is 0. The van der Waals surface area contributed by atoms with Crippen LogP contribution in [-0.2, 0) is 11.2 Å². The molecule has 19 heavy (non-hydrogen) atoms. The predicted molar refractivity (Wildman–Crippen MR) is 69.6 cm³/mol. The summed E-state index contributed by atoms with van der Waals surface area (Å²) in [5, 5.41) is 0. The molecule has 98 valence electrons. The molecule has 0 radical (unpaired) electrons. The molecule has 0 fully saturated rings. The minimum Gasteiger partial charge on any atom is -0.465 e. The Morgan fingerprint density at radius 2 is 2.16 bits per heavy atom. The van der Waals surface area contributed by atoms with Crippen molar-refractivity contribution in [3.8, 4) is 0 Å². The lowest BCUT2D eigenvalue weighted by Gasteiger charge is -2.08. The summed E-state index contributed by atoms with van der Waals surface area (Å²) in [7, 11) is 1.29. The fraction of sp³-hybridized carbons (Fsp3) is 0.231. The Balaban J connectivity index is 2.33. The number of carbonyl (C=O) groups excluding carboxylic acids is 1. The van der Waals surface area contributed by atoms with Crippen molar-refractivity contribution in [2.75, 3.05) is 12.8 Å². The van der Waals surface area contributed by atoms with E-state index in [2.05, 4.69) is 19.7 Å². The topological polar surface area (TPSA) is 91.0 Å². The number of hydrogen-bond acceptors (Lipinski definition) is 6. The highest BCUT2D eigenvalue weighted by Gasteiger charge is 2.17. The number of hydrogen-bond donors (Lipinski definition) is 1. The molecule has 0 aliphatic carbocycles. The molecule has 0 aliphatic rings. The molecule has 2 rings (SSSR count). The Labute approximate surface area is 110 Å². The highest BCUT2D eigenvalue weighted by atomic mass is 16.5. The van der Waals surface area contributed by atoms with Crippen molar-refractivity contribution < 1.29 is 9.53 Å². The monoisotopic (exact) mass is 258 g/mol. The molecule has 2 aromatic rings. The van der Waals surface area contributed by atoms with Crippen molar-refractivity contribution in [3.63, 3.8) is 0 Å². The maximum atomic E-state index is 11.5. The lowest BCUT2D eigenvalue weighted by Crippen LogP contribution is -2.13. The maximum absolute atomic E-state index is 11.5. The van der Waals surface area contributed by atoms with E-state index in [0.717, 1.165) is 5.69 Å². The zero-order valence-corrected chi connectivity index (χ0v) is 10.8. The van der Waals surface area contributed by atoms with Gasteiger partial charge in [-0.25, -0.2) is 14.8 Å². The number of anilines is 1. The van der Waals surface area contributed by atoms with Gasteiger partial charge in [-0.3, -0.25) is 4.98 Å². The Hall–Kier alpha value is -2.50. The van der Waals surface area contributed by atoms with E-state index < -0.39 is 5.97 Å². The van der Waals surface area contributed by atoms with E-state index in [0.29, 0.717) is 17.9 Å². The summed E-state index contributed by atoms with van der Waals surface area (Å²) in [6, 6.07) is 5.61. The molecule has 0 aromatic carbocycles. The Bertz CT molecular complexity index is 576. The van der Waals surface area contributed by atoms with Crippen LogP contribution in [0.4, 0.5) is 5.82 Å². The van der Waals surface area contributed by atoms with E-state index in [1.807, 2.05) is 18.2 Å². The summed E-state index contributed by atoms with van der Waals surface area (Å²) in [4.78, 5) is 24.1. The molecule has 2 aromatic heterocycles. The van der Waals surface area contributed by atoms with E-state index in [9.17, 15) is 4.79 Å². The maximum Gasteiger partial charge on any atom is 0.343 e. The number of methoxy groups -OCH3 is 1. The first-order valence-electron chi connectivity index (χ1n) is 5.73. The van der Waals surface area contributed by atoms with Gasteiger partial charge in [0.25, 0.3) is 0 Å². The van der Waals surface area contributed by atoms with E-state index in [1.54, 1.807) is 13.1 Å². The van der Waals surface area contributed by atoms with E-state index in [-0.39, 0.29) is 11.4 Å². The van der Waals surface area contributed by atoms with Gasteiger partial charge in [0, 0.05) is 11.9 Å². The largest absolute Gasteiger partial charge is 0.465 e. The minimum absolute atomic E-state index is 0.130. The number of nitrogens with two attached hydrogens (primary N) is 1. The first-order valence-corrected chi connectivity index (χ1v) is 5.73. The van der Waals surface area contributed by atoms with Gasteiger partial charge in [0.2, 0.25) is 0 Å². The van der Waals surface area contributed by atoms with Crippen LogP contribution < -0.4 is 5.73 Å². The molecule has 0 saturated carbocycles. The van der Waals surface area contributed by atoms with Gasteiger partial charge in [-0.2, -0.15) is 0 Å². The molecular weight excluding hydrogens is 244 g/mol. The zero-order valence-electron chi connectivity index (χ0n) is 10.8. The number of nitrogens with zero attached hydrogens (tertiary/aromatic N) is 3. The summed E-state index contributed by atoms with van der Waals surface area (Å²) in [6.45, 7) is 1.70. The van der Waals surface area contributed by atoms with Crippen LogP contribution in [0.25, 0.3) is 0 Å². The fourth-order valence-electron chi connectivity index (χ4n) is 1.75. The number of ether oxygens (including phenoxy) is 1. The van der Waals surface area contributed by atoms with Gasteiger partial charge in [0.1, 0.15) is 17.2 Å². The number of rotatable bonds is 3. The van der Waals surface area contributed by atoms with Gasteiger partial charge in [0.15, 0.2) is 0 Å². The third-order valence-corrected chi connectivity index (χ3v) is 2.62. The molecule has 2 heterocycles. The van der Waals surface area contributed by atoms with Crippen LogP contribution in [0, 0.1) is 6.92 Å². The first kappa shape index (κ1) is 12.9. The molecule has 0 aliphatic heterocycles. The van der Waals surface area contributed by atoms with Gasteiger partial charge in [-0.15, -0.1) is 0 Å². The predicted octanol–water partition coefficient (Wildman–Crippen LogP) is 1.14. The molecule has 0 unspecified atom stereocenters. The molecule has 6 nitrogen and oxygen atoms in total. The number of esters is 1. The standard InChI is InChI=1S/C13H14N4O2/c1-8-11(13(18)19-2)12(14)17-10(16-8)7-9-5-3-4-6-15-9/h3-6H,7H2,1-2H3,(H2,14,16,17). The van der Waals surface area contributed by atoms with Crippen molar-refractivity contribution >= 4 is 11.8 Å². The second-order valence-electron chi connectivity index (χ2n) is 3.97. The summed E-state index contributed by atoms with van der Waals surface area (Å²) in [5.41, 5.74) is 7.34. The van der Waals surface area contributed by atoms with Crippen LogP contribution in [-0.4, -0.2) is 28.0 Å². The third kappa shape index (κ3) is 2.85. The SMILES string of the molecule is COC(=O)c1c(C)nc(Cc2ccccn2)nc1N. The molecule has 6 heteroatoms. The lowest BCUT2D eigenvalue weighted by molar-refractivity contribution is 0.0600. The van der Waals surface area contributed by atoms with Crippen LogP contribution in [0.15, 0.2) is 24.4 Å². The third-order valence-electron chi connectivity index (χ3n) is 2.62. The first-order chi connectivity index (χ1) is 9.11. The summed E-state index contributed by atoms with van der Waals surface area (Å²) < 4.78 is 4.64. The van der Waals surface area contributed by atoms with Crippen molar-refractivity contribution in [2.24, 2.45) is 0 Å². The quantitative estimate of drug-likeness (QED) is 0.830. The van der Waals surface area contributed by atoms with Gasteiger partial charge in [-0.05, 0) is 19.1 Å². The van der Waals surface area contributed by atoms with Crippen molar-refractivity contribution in [1.82, 2.24) is 15.0 Å². The smallest absolute Gasteiger partial charge is 0.343 e. The van der Waals surface area contributed by atoms with Gasteiger partial charge in [-0.1, -0.05) is 6.07 Å². The number of aryl methyl sites for hydroxylation is 1. The molecule has 0 bridgehead atoms. The van der Waals surface area contributed by atoms with Crippen LogP contribution in [0.1, 0.15) is 27.6 Å². The van der Waals surface area contributed by atoms with Gasteiger partial charge in [0.05, 0.1) is 19.2 Å². The summed E-state index contributed by atoms with van der Waals surface area (Å²) in [6.07, 6.45) is 2.17. The number of pyridine rings is 1. The summed E-state index contributed by atoms with van der Waals surface area (Å²) in [5.74, 6) is 0.131. The lowest BCUT2D eigenvalue weighted by atomic mass is 10.2. The van der Waals surface area contributed by atoms with Crippen molar-refractivity contribution in [2.45, 2.75) is 13.3 Å². The Kier molecular flexibility index (Phi) is 3.70. The second kappa shape index (κ2) is 5.43. The zero-order chi connectivity index (χ0) is 13.8. The van der Waals surface area contributed by atoms with Crippen LogP contribution in [0.3, 0.4) is 0 Å². The molecule has 2 N–H and O–H groups in total. The van der Waals surface area contributed by atoms with Crippen LogP contribution in [0.2, 0.25) is 0 Å². The minimum atomic E-state index is -0.528. The molecule has 0 saturated heterocycles. The number of aromatic nitrogens is 3. The van der Waals surface area contributed by atoms with Crippen molar-refractivity contribution in [1.29, 1.82) is 0 Å². The molecule has 0 amide bonds. The average Bonchev–Trinajstić information content (AvgIpc) is 2.38. The van der Waals surface area contributed by atoms with E-state index in [4.69, 9.17) is 5.73 Å². The Morgan fingerprint density at radius 3 is 2.74 bits per heavy atom. The normalized spacial score (nSPS) is 10.2.